The highest BCUT2D eigenvalue weighted by atomic mass is 16.4. The van der Waals surface area contributed by atoms with E-state index in [4.69, 9.17) is 0 Å². The van der Waals surface area contributed by atoms with Crippen molar-refractivity contribution in [3.63, 3.8) is 0 Å². The summed E-state index contributed by atoms with van der Waals surface area (Å²) >= 11 is 0. The molecule has 5 nitrogen and oxygen atoms in total. The van der Waals surface area contributed by atoms with Crippen LogP contribution in [0.15, 0.2) is 30.3 Å². The Kier molecular flexibility index (Phi) is 5.76. The van der Waals surface area contributed by atoms with Gasteiger partial charge in [0, 0.05) is 0 Å². The molecule has 21 heavy (non-hydrogen) atoms. The number of carbonyl (C=O) groups excluding carboxylic acids is 1. The highest BCUT2D eigenvalue weighted by Crippen LogP contribution is 2.20. The van der Waals surface area contributed by atoms with Gasteiger partial charge in [-0.3, -0.25) is 0 Å². The van der Waals surface area contributed by atoms with Gasteiger partial charge in [-0.15, -0.1) is 0 Å². The predicted molar refractivity (Wildman–Crippen MR) is 82.0 cm³/mol. The number of hydrogen-bond donors (Lipinski definition) is 3. The topological polar surface area (TPSA) is 78.4 Å². The van der Waals surface area contributed by atoms with E-state index >= 15 is 0 Å². The average Bonchev–Trinajstić information content (AvgIpc) is 2.41. The van der Waals surface area contributed by atoms with Gasteiger partial charge in [-0.2, -0.15) is 0 Å². The van der Waals surface area contributed by atoms with Crippen LogP contribution in [-0.4, -0.2) is 23.1 Å². The zero-order valence-corrected chi connectivity index (χ0v) is 13.0. The van der Waals surface area contributed by atoms with E-state index in [1.165, 1.54) is 0 Å². The van der Waals surface area contributed by atoms with Gasteiger partial charge in [0.25, 0.3) is 0 Å². The molecule has 116 valence electrons. The summed E-state index contributed by atoms with van der Waals surface area (Å²) in [5, 5.41) is 14.6. The van der Waals surface area contributed by atoms with E-state index in [0.29, 0.717) is 0 Å². The van der Waals surface area contributed by atoms with Crippen LogP contribution in [0.3, 0.4) is 0 Å². The largest absolute Gasteiger partial charge is 0.480 e. The van der Waals surface area contributed by atoms with Gasteiger partial charge >= 0.3 is 12.0 Å². The van der Waals surface area contributed by atoms with Crippen molar-refractivity contribution in [3.8, 4) is 0 Å². The summed E-state index contributed by atoms with van der Waals surface area (Å²) in [5.41, 5.74) is 0.440. The fraction of sp³-hybridized carbons (Fsp3) is 0.500. The third kappa shape index (κ3) is 5.10. The van der Waals surface area contributed by atoms with Gasteiger partial charge in [0.2, 0.25) is 0 Å². The van der Waals surface area contributed by atoms with Gasteiger partial charge in [0.15, 0.2) is 0 Å². The Morgan fingerprint density at radius 3 is 2.14 bits per heavy atom. The van der Waals surface area contributed by atoms with Crippen LogP contribution in [0.5, 0.6) is 0 Å². The molecule has 0 aliphatic rings. The SMILES string of the molecule is CCC(NC(=O)N[C@@H](C(=O)O)C(C)(C)C)c1ccccc1. The van der Waals surface area contributed by atoms with Gasteiger partial charge in [0.05, 0.1) is 6.04 Å². The monoisotopic (exact) mass is 292 g/mol. The second-order valence-corrected chi connectivity index (χ2v) is 6.13. The molecular formula is C16H24N2O3. The molecule has 1 rings (SSSR count). The van der Waals surface area contributed by atoms with Gasteiger partial charge in [-0.05, 0) is 17.4 Å². The number of nitrogens with one attached hydrogen (secondary N) is 2. The third-order valence-corrected chi connectivity index (χ3v) is 3.30. The Morgan fingerprint density at radius 1 is 1.14 bits per heavy atom. The molecule has 0 aliphatic carbocycles. The minimum Gasteiger partial charge on any atom is -0.480 e. The fourth-order valence-corrected chi connectivity index (χ4v) is 2.09. The first-order chi connectivity index (χ1) is 9.75. The molecule has 1 unspecified atom stereocenters. The van der Waals surface area contributed by atoms with E-state index < -0.39 is 23.5 Å². The van der Waals surface area contributed by atoms with Crippen LogP contribution >= 0.6 is 0 Å². The quantitative estimate of drug-likeness (QED) is 0.780. The molecule has 3 N–H and O–H groups in total. The van der Waals surface area contributed by atoms with Crippen molar-refractivity contribution in [3.05, 3.63) is 35.9 Å². The maximum absolute atomic E-state index is 12.1. The molecule has 0 saturated carbocycles. The van der Waals surface area contributed by atoms with Crippen molar-refractivity contribution < 1.29 is 14.7 Å². The summed E-state index contributed by atoms with van der Waals surface area (Å²) in [7, 11) is 0. The molecule has 1 aromatic rings. The number of rotatable bonds is 5. The summed E-state index contributed by atoms with van der Waals surface area (Å²) in [6.07, 6.45) is 0.727. The number of carboxylic acid groups (broad SMARTS) is 1. The Hall–Kier alpha value is -2.04. The number of carboxylic acids is 1. The van der Waals surface area contributed by atoms with Crippen molar-refractivity contribution in [2.75, 3.05) is 0 Å². The normalized spacial score (nSPS) is 14.1. The number of urea groups is 1. The molecule has 0 aromatic heterocycles. The van der Waals surface area contributed by atoms with Crippen LogP contribution in [0, 0.1) is 5.41 Å². The van der Waals surface area contributed by atoms with Crippen molar-refractivity contribution in [1.82, 2.24) is 10.6 Å². The zero-order chi connectivity index (χ0) is 16.0. The van der Waals surface area contributed by atoms with Crippen molar-refractivity contribution in [2.45, 2.75) is 46.2 Å². The highest BCUT2D eigenvalue weighted by Gasteiger charge is 2.32. The maximum Gasteiger partial charge on any atom is 0.326 e. The van der Waals surface area contributed by atoms with E-state index in [-0.39, 0.29) is 6.04 Å². The second-order valence-electron chi connectivity index (χ2n) is 6.13. The van der Waals surface area contributed by atoms with Crippen molar-refractivity contribution in [1.29, 1.82) is 0 Å². The molecule has 0 heterocycles. The lowest BCUT2D eigenvalue weighted by Crippen LogP contribution is -2.52. The number of benzene rings is 1. The fourth-order valence-electron chi connectivity index (χ4n) is 2.09. The maximum atomic E-state index is 12.1. The van der Waals surface area contributed by atoms with Gasteiger partial charge in [-0.1, -0.05) is 58.0 Å². The Balaban J connectivity index is 2.73. The second kappa shape index (κ2) is 7.11. The molecular weight excluding hydrogens is 268 g/mol. The number of amides is 2. The van der Waals surface area contributed by atoms with Gasteiger partial charge in [-0.25, -0.2) is 9.59 Å². The molecule has 5 heteroatoms. The number of aliphatic carboxylic acids is 1. The van der Waals surface area contributed by atoms with Crippen LogP contribution in [0.4, 0.5) is 4.79 Å². The van der Waals surface area contributed by atoms with Crippen molar-refractivity contribution >= 4 is 12.0 Å². The van der Waals surface area contributed by atoms with E-state index in [0.717, 1.165) is 12.0 Å². The molecule has 0 spiro atoms. The molecule has 0 radical (unpaired) electrons. The minimum absolute atomic E-state index is 0.138. The van der Waals surface area contributed by atoms with Crippen molar-refractivity contribution in [2.24, 2.45) is 5.41 Å². The van der Waals surface area contributed by atoms with Crippen LogP contribution < -0.4 is 10.6 Å². The summed E-state index contributed by atoms with van der Waals surface area (Å²) in [6, 6.07) is 8.06. The first kappa shape index (κ1) is 17.0. The predicted octanol–water partition coefficient (Wildman–Crippen LogP) is 2.94. The number of hydrogen-bond acceptors (Lipinski definition) is 2. The average molecular weight is 292 g/mol. The lowest BCUT2D eigenvalue weighted by Gasteiger charge is -2.28. The van der Waals surface area contributed by atoms with Crippen LogP contribution in [0.1, 0.15) is 45.7 Å². The smallest absolute Gasteiger partial charge is 0.326 e. The molecule has 1 aromatic carbocycles. The molecule has 0 aliphatic heterocycles. The van der Waals surface area contributed by atoms with Crippen LogP contribution in [0.25, 0.3) is 0 Å². The van der Waals surface area contributed by atoms with E-state index in [1.807, 2.05) is 37.3 Å². The standard InChI is InChI=1S/C16H24N2O3/c1-5-12(11-9-7-6-8-10-11)17-15(21)18-13(14(19)20)16(2,3)4/h6-10,12-13H,5H2,1-4H3,(H,19,20)(H2,17,18,21)/t12?,13-/m0/s1. The van der Waals surface area contributed by atoms with Gasteiger partial charge in [0.1, 0.15) is 6.04 Å². The Labute approximate surface area is 125 Å². The zero-order valence-electron chi connectivity index (χ0n) is 13.0. The summed E-state index contributed by atoms with van der Waals surface area (Å²) in [4.78, 5) is 23.3. The Bertz CT molecular complexity index is 480. The van der Waals surface area contributed by atoms with Gasteiger partial charge < -0.3 is 15.7 Å². The van der Waals surface area contributed by atoms with Crippen LogP contribution in [0.2, 0.25) is 0 Å². The molecule has 0 fully saturated rings. The lowest BCUT2D eigenvalue weighted by molar-refractivity contribution is -0.141. The van der Waals surface area contributed by atoms with E-state index in [2.05, 4.69) is 10.6 Å². The molecule has 2 amide bonds. The summed E-state index contributed by atoms with van der Waals surface area (Å²) in [5.74, 6) is -1.04. The van der Waals surface area contributed by atoms with E-state index in [9.17, 15) is 14.7 Å². The molecule has 2 atom stereocenters. The first-order valence-electron chi connectivity index (χ1n) is 7.10. The molecule has 0 saturated heterocycles. The first-order valence-corrected chi connectivity index (χ1v) is 7.10. The molecule has 0 bridgehead atoms. The summed E-state index contributed by atoms with van der Waals surface area (Å²) in [6.45, 7) is 7.30. The third-order valence-electron chi connectivity index (χ3n) is 3.30. The summed E-state index contributed by atoms with van der Waals surface area (Å²) < 4.78 is 0. The lowest BCUT2D eigenvalue weighted by atomic mass is 9.87. The minimum atomic E-state index is -1.04. The Morgan fingerprint density at radius 2 is 1.71 bits per heavy atom. The van der Waals surface area contributed by atoms with E-state index in [1.54, 1.807) is 20.8 Å². The highest BCUT2D eigenvalue weighted by molar-refractivity contribution is 5.83. The van der Waals surface area contributed by atoms with Crippen LogP contribution in [-0.2, 0) is 4.79 Å². The number of carbonyl (C=O) groups is 2.